The molecule has 1 amide bonds. The third-order valence-corrected chi connectivity index (χ3v) is 3.77. The summed E-state index contributed by atoms with van der Waals surface area (Å²) in [5.74, 6) is -0.347. The van der Waals surface area contributed by atoms with E-state index in [9.17, 15) is 4.79 Å². The topological polar surface area (TPSA) is 58.4 Å². The number of benzene rings is 1. The molecule has 0 aliphatic heterocycles. The van der Waals surface area contributed by atoms with Crippen LogP contribution in [-0.4, -0.2) is 24.5 Å². The molecule has 0 unspecified atom stereocenters. The number of primary amides is 1. The SMILES string of the molecule is CC(C)N(CC(N)=O)c1c(Cl)cccc1CNC1CC1. The second kappa shape index (κ2) is 6.46. The predicted molar refractivity (Wildman–Crippen MR) is 83.0 cm³/mol. The zero-order chi connectivity index (χ0) is 14.7. The molecule has 1 aliphatic carbocycles. The molecular formula is C15H22ClN3O. The summed E-state index contributed by atoms with van der Waals surface area (Å²) in [5, 5.41) is 4.15. The Kier molecular flexibility index (Phi) is 4.89. The third-order valence-electron chi connectivity index (χ3n) is 3.47. The first kappa shape index (κ1) is 15.1. The minimum absolute atomic E-state index is 0.155. The molecule has 4 nitrogen and oxygen atoms in total. The molecule has 1 fully saturated rings. The zero-order valence-corrected chi connectivity index (χ0v) is 12.8. The number of nitrogens with two attached hydrogens (primary N) is 1. The highest BCUT2D eigenvalue weighted by Crippen LogP contribution is 2.32. The lowest BCUT2D eigenvalue weighted by atomic mass is 10.1. The monoisotopic (exact) mass is 295 g/mol. The van der Waals surface area contributed by atoms with Crippen LogP contribution < -0.4 is 16.0 Å². The van der Waals surface area contributed by atoms with Gasteiger partial charge in [-0.1, -0.05) is 23.7 Å². The molecule has 0 spiro atoms. The van der Waals surface area contributed by atoms with Gasteiger partial charge in [0.1, 0.15) is 0 Å². The van der Waals surface area contributed by atoms with E-state index in [-0.39, 0.29) is 18.5 Å². The average Bonchev–Trinajstić information content (AvgIpc) is 3.17. The maximum Gasteiger partial charge on any atom is 0.236 e. The Morgan fingerprint density at radius 2 is 2.20 bits per heavy atom. The first-order valence-electron chi connectivity index (χ1n) is 7.04. The van der Waals surface area contributed by atoms with Gasteiger partial charge in [-0.25, -0.2) is 0 Å². The molecule has 2 rings (SSSR count). The highest BCUT2D eigenvalue weighted by molar-refractivity contribution is 6.33. The summed E-state index contributed by atoms with van der Waals surface area (Å²) in [5.41, 5.74) is 7.39. The van der Waals surface area contributed by atoms with E-state index >= 15 is 0 Å². The van der Waals surface area contributed by atoms with Crippen LogP contribution >= 0.6 is 11.6 Å². The fourth-order valence-electron chi connectivity index (χ4n) is 2.25. The molecule has 0 bridgehead atoms. The van der Waals surface area contributed by atoms with Crippen molar-refractivity contribution in [2.24, 2.45) is 5.73 Å². The van der Waals surface area contributed by atoms with E-state index in [1.165, 1.54) is 12.8 Å². The van der Waals surface area contributed by atoms with Crippen LogP contribution in [0.15, 0.2) is 18.2 Å². The minimum Gasteiger partial charge on any atom is -0.368 e. The Bertz CT molecular complexity index is 486. The van der Waals surface area contributed by atoms with E-state index in [1.807, 2.05) is 36.9 Å². The lowest BCUT2D eigenvalue weighted by Crippen LogP contribution is -2.39. The van der Waals surface area contributed by atoms with E-state index in [0.29, 0.717) is 11.1 Å². The molecular weight excluding hydrogens is 274 g/mol. The van der Waals surface area contributed by atoms with Crippen LogP contribution in [0.5, 0.6) is 0 Å². The van der Waals surface area contributed by atoms with Crippen molar-refractivity contribution < 1.29 is 4.79 Å². The number of amides is 1. The minimum atomic E-state index is -0.347. The van der Waals surface area contributed by atoms with Crippen molar-refractivity contribution in [2.45, 2.75) is 45.3 Å². The summed E-state index contributed by atoms with van der Waals surface area (Å²) >= 11 is 6.36. The van der Waals surface area contributed by atoms with Crippen molar-refractivity contribution in [1.82, 2.24) is 5.32 Å². The van der Waals surface area contributed by atoms with Crippen molar-refractivity contribution in [3.05, 3.63) is 28.8 Å². The van der Waals surface area contributed by atoms with Crippen molar-refractivity contribution in [2.75, 3.05) is 11.4 Å². The fraction of sp³-hybridized carbons (Fsp3) is 0.533. The molecule has 1 aliphatic rings. The molecule has 0 aromatic heterocycles. The highest BCUT2D eigenvalue weighted by Gasteiger charge is 2.23. The molecule has 1 aromatic rings. The lowest BCUT2D eigenvalue weighted by molar-refractivity contribution is -0.116. The van der Waals surface area contributed by atoms with Crippen molar-refractivity contribution in [3.63, 3.8) is 0 Å². The van der Waals surface area contributed by atoms with E-state index in [4.69, 9.17) is 17.3 Å². The van der Waals surface area contributed by atoms with Crippen LogP contribution in [0.3, 0.4) is 0 Å². The number of para-hydroxylation sites is 1. The predicted octanol–water partition coefficient (Wildman–Crippen LogP) is 2.29. The van der Waals surface area contributed by atoms with Gasteiger partial charge >= 0.3 is 0 Å². The molecule has 1 aromatic carbocycles. The number of hydrogen-bond donors (Lipinski definition) is 2. The Morgan fingerprint density at radius 3 is 2.75 bits per heavy atom. The molecule has 0 heterocycles. The van der Waals surface area contributed by atoms with Gasteiger partial charge < -0.3 is 16.0 Å². The Balaban J connectivity index is 2.27. The summed E-state index contributed by atoms with van der Waals surface area (Å²) < 4.78 is 0. The number of carbonyl (C=O) groups excluding carboxylic acids is 1. The summed E-state index contributed by atoms with van der Waals surface area (Å²) in [6.45, 7) is 5.01. The van der Waals surface area contributed by atoms with Gasteiger partial charge in [0.2, 0.25) is 5.91 Å². The molecule has 0 atom stereocenters. The van der Waals surface area contributed by atoms with Crippen LogP contribution in [0.4, 0.5) is 5.69 Å². The van der Waals surface area contributed by atoms with E-state index in [1.54, 1.807) is 0 Å². The highest BCUT2D eigenvalue weighted by atomic mass is 35.5. The standard InChI is InChI=1S/C15H22ClN3O/c1-10(2)19(9-14(17)20)15-11(4-3-5-13(15)16)8-18-12-6-7-12/h3-5,10,12,18H,6-9H2,1-2H3,(H2,17,20). The first-order valence-corrected chi connectivity index (χ1v) is 7.42. The molecule has 5 heteroatoms. The van der Waals surface area contributed by atoms with Crippen LogP contribution in [0.1, 0.15) is 32.3 Å². The van der Waals surface area contributed by atoms with Crippen LogP contribution in [-0.2, 0) is 11.3 Å². The van der Waals surface area contributed by atoms with E-state index < -0.39 is 0 Å². The van der Waals surface area contributed by atoms with Gasteiger partial charge in [-0.3, -0.25) is 4.79 Å². The first-order chi connectivity index (χ1) is 9.49. The number of nitrogens with one attached hydrogen (secondary N) is 1. The third kappa shape index (κ3) is 3.87. The van der Waals surface area contributed by atoms with Gasteiger partial charge in [0.05, 0.1) is 17.3 Å². The van der Waals surface area contributed by atoms with Crippen molar-refractivity contribution >= 4 is 23.2 Å². The zero-order valence-electron chi connectivity index (χ0n) is 12.0. The number of rotatable bonds is 7. The molecule has 0 saturated heterocycles. The number of nitrogens with zero attached hydrogens (tertiary/aromatic N) is 1. The number of anilines is 1. The smallest absolute Gasteiger partial charge is 0.236 e. The summed E-state index contributed by atoms with van der Waals surface area (Å²) in [4.78, 5) is 13.3. The molecule has 3 N–H and O–H groups in total. The second-order valence-electron chi connectivity index (χ2n) is 5.59. The van der Waals surface area contributed by atoms with Crippen molar-refractivity contribution in [1.29, 1.82) is 0 Å². The normalized spacial score (nSPS) is 14.6. The maximum absolute atomic E-state index is 11.3. The fourth-order valence-corrected chi connectivity index (χ4v) is 2.56. The van der Waals surface area contributed by atoms with Crippen LogP contribution in [0.2, 0.25) is 5.02 Å². The van der Waals surface area contributed by atoms with Gasteiger partial charge in [-0.2, -0.15) is 0 Å². The molecule has 1 saturated carbocycles. The maximum atomic E-state index is 11.3. The van der Waals surface area contributed by atoms with Gasteiger partial charge in [-0.05, 0) is 38.3 Å². The van der Waals surface area contributed by atoms with Gasteiger partial charge in [0, 0.05) is 18.6 Å². The quantitative estimate of drug-likeness (QED) is 0.811. The number of hydrogen-bond acceptors (Lipinski definition) is 3. The largest absolute Gasteiger partial charge is 0.368 e. The summed E-state index contributed by atoms with van der Waals surface area (Å²) in [7, 11) is 0. The molecule has 20 heavy (non-hydrogen) atoms. The van der Waals surface area contributed by atoms with Crippen LogP contribution in [0, 0.1) is 0 Å². The average molecular weight is 296 g/mol. The van der Waals surface area contributed by atoms with Gasteiger partial charge in [0.25, 0.3) is 0 Å². The Morgan fingerprint density at radius 1 is 1.50 bits per heavy atom. The van der Waals surface area contributed by atoms with E-state index in [2.05, 4.69) is 5.32 Å². The van der Waals surface area contributed by atoms with Crippen LogP contribution in [0.25, 0.3) is 0 Å². The lowest BCUT2D eigenvalue weighted by Gasteiger charge is -2.30. The summed E-state index contributed by atoms with van der Waals surface area (Å²) in [6, 6.07) is 6.63. The van der Waals surface area contributed by atoms with Gasteiger partial charge in [-0.15, -0.1) is 0 Å². The van der Waals surface area contributed by atoms with Gasteiger partial charge in [0.15, 0.2) is 0 Å². The van der Waals surface area contributed by atoms with Crippen molar-refractivity contribution in [3.8, 4) is 0 Å². The molecule has 110 valence electrons. The Labute approximate surface area is 125 Å². The number of carbonyl (C=O) groups is 1. The summed E-state index contributed by atoms with van der Waals surface area (Å²) in [6.07, 6.45) is 2.48. The number of halogens is 1. The Hall–Kier alpha value is -1.26. The van der Waals surface area contributed by atoms with E-state index in [0.717, 1.165) is 17.8 Å². The second-order valence-corrected chi connectivity index (χ2v) is 6.00. The molecule has 0 radical (unpaired) electrons.